The maximum Gasteiger partial charge on any atom is 0.248 e. The molecule has 2 aromatic heterocycles. The standard InChI is InChI=1S/C61H60F3N11O5/c1-3-58(76)70-53-36-49-52(38-56(53)80-28-6-20-74-24-22-73(2)23-25-74)69-57(72-61(49)68-46-11-5-9-42(33-46)47-17-16-44(63)34-50(47)64)18-19-59(77)71-54-35-48-51(37-55(54)79-29-7-21-75-26-30-78-31-27-75)65-39-66-60(48)67-45-10-4-8-41(32-45)40-12-14-43(62)15-13-40/h3-5,8-19,32-39H,1,6-7,20-31H2,2H3,(H,70,76)(H,71,77)(H,65,66,67)(H,68,69,72)/b19-18+. The van der Waals surface area contributed by atoms with E-state index in [-0.39, 0.29) is 23.0 Å². The highest BCUT2D eigenvalue weighted by Crippen LogP contribution is 2.37. The minimum atomic E-state index is -0.721. The molecule has 2 aliphatic rings. The number of benzene rings is 6. The highest BCUT2D eigenvalue weighted by atomic mass is 19.1. The first-order chi connectivity index (χ1) is 39.0. The largest absolute Gasteiger partial charge is 0.491 e. The van der Waals surface area contributed by atoms with Gasteiger partial charge in [-0.05, 0) is 109 Å². The van der Waals surface area contributed by atoms with E-state index in [1.165, 1.54) is 42.7 Å². The molecule has 6 aromatic carbocycles. The number of morpholine rings is 1. The predicted molar refractivity (Wildman–Crippen MR) is 307 cm³/mol. The Bertz CT molecular complexity index is 3550. The van der Waals surface area contributed by atoms with E-state index in [9.17, 15) is 18.4 Å². The van der Waals surface area contributed by atoms with Crippen LogP contribution in [0.25, 0.3) is 50.1 Å². The number of likely N-dealkylation sites (N-methyl/N-ethyl adjacent to an activating group) is 1. The van der Waals surface area contributed by atoms with Gasteiger partial charge < -0.3 is 45.3 Å². The van der Waals surface area contributed by atoms with Crippen molar-refractivity contribution < 1.29 is 37.0 Å². The van der Waals surface area contributed by atoms with Gasteiger partial charge in [0.25, 0.3) is 0 Å². The first kappa shape index (κ1) is 54.6. The summed E-state index contributed by atoms with van der Waals surface area (Å²) in [7, 11) is 2.12. The molecule has 0 saturated carbocycles. The zero-order valence-electron chi connectivity index (χ0n) is 44.2. The lowest BCUT2D eigenvalue weighted by atomic mass is 10.0. The van der Waals surface area contributed by atoms with Crippen molar-refractivity contribution in [2.75, 3.05) is 107 Å². The topological polar surface area (TPSA) is 171 Å². The number of amides is 2. The van der Waals surface area contributed by atoms with Crippen molar-refractivity contribution in [2.24, 2.45) is 0 Å². The minimum Gasteiger partial charge on any atom is -0.491 e. The van der Waals surface area contributed by atoms with Gasteiger partial charge in [0, 0.05) is 104 Å². The number of hydrogen-bond donors (Lipinski definition) is 4. The van der Waals surface area contributed by atoms with Crippen LogP contribution >= 0.6 is 0 Å². The third-order valence-electron chi connectivity index (χ3n) is 13.8. The average Bonchev–Trinajstić information content (AvgIpc) is 3.64. The van der Waals surface area contributed by atoms with Gasteiger partial charge >= 0.3 is 0 Å². The summed E-state index contributed by atoms with van der Waals surface area (Å²) in [6, 6.07) is 31.2. The molecule has 0 bridgehead atoms. The maximum absolute atomic E-state index is 15.1. The molecule has 16 nitrogen and oxygen atoms in total. The van der Waals surface area contributed by atoms with Crippen LogP contribution in [-0.4, -0.2) is 132 Å². The number of aromatic nitrogens is 4. The van der Waals surface area contributed by atoms with Crippen molar-refractivity contribution >= 4 is 74.1 Å². The fourth-order valence-corrected chi connectivity index (χ4v) is 9.49. The Balaban J connectivity index is 0.963. The number of fused-ring (bicyclic) bond motifs is 2. The number of rotatable bonds is 21. The SMILES string of the molecule is C=CC(=O)Nc1cc2c(Nc3cccc(-c4ccc(F)cc4F)c3)nc(/C=C/C(=O)Nc3cc4c(Nc5cccc(-c6ccc(F)cc6)c5)ncnc4cc3OCCCN3CCOCC3)nc2cc1OCCCN1CCN(C)CC1. The fraction of sp³-hybridized carbons (Fsp3) is 0.246. The number of nitrogens with zero attached hydrogens (tertiary/aromatic N) is 7. The summed E-state index contributed by atoms with van der Waals surface area (Å²) in [6.07, 6.45) is 6.86. The predicted octanol–water partition coefficient (Wildman–Crippen LogP) is 10.7. The maximum atomic E-state index is 15.1. The van der Waals surface area contributed by atoms with Crippen molar-refractivity contribution in [1.82, 2.24) is 34.6 Å². The van der Waals surface area contributed by atoms with Crippen LogP contribution < -0.4 is 30.7 Å². The van der Waals surface area contributed by atoms with Crippen LogP contribution in [0.5, 0.6) is 11.5 Å². The number of anilines is 6. The summed E-state index contributed by atoms with van der Waals surface area (Å²) >= 11 is 0. The van der Waals surface area contributed by atoms with Crippen LogP contribution in [0.4, 0.5) is 47.6 Å². The van der Waals surface area contributed by atoms with Crippen LogP contribution in [-0.2, 0) is 14.3 Å². The van der Waals surface area contributed by atoms with Gasteiger partial charge in [0.2, 0.25) is 11.8 Å². The van der Waals surface area contributed by atoms with Gasteiger partial charge in [-0.15, -0.1) is 0 Å². The van der Waals surface area contributed by atoms with Gasteiger partial charge in [0.05, 0.1) is 48.8 Å². The van der Waals surface area contributed by atoms with Gasteiger partial charge in [-0.25, -0.2) is 33.1 Å². The highest BCUT2D eigenvalue weighted by Gasteiger charge is 2.19. The normalized spacial score (nSPS) is 14.3. The molecular formula is C61H60F3N11O5. The number of nitrogens with one attached hydrogen (secondary N) is 4. The van der Waals surface area contributed by atoms with Crippen LogP contribution in [0.15, 0.2) is 140 Å². The average molecular weight is 1080 g/mol. The molecule has 0 aliphatic carbocycles. The first-order valence-electron chi connectivity index (χ1n) is 26.5. The molecule has 2 aliphatic heterocycles. The second-order valence-electron chi connectivity index (χ2n) is 19.4. The monoisotopic (exact) mass is 1080 g/mol. The number of ether oxygens (including phenoxy) is 3. The molecule has 0 radical (unpaired) electrons. The minimum absolute atomic E-state index is 0.139. The lowest BCUT2D eigenvalue weighted by Gasteiger charge is -2.32. The van der Waals surface area contributed by atoms with Gasteiger partial charge in [-0.2, -0.15) is 0 Å². The van der Waals surface area contributed by atoms with Crippen molar-refractivity contribution in [3.8, 4) is 33.8 Å². The zero-order chi connectivity index (χ0) is 55.4. The van der Waals surface area contributed by atoms with Crippen LogP contribution in [0.2, 0.25) is 0 Å². The van der Waals surface area contributed by atoms with E-state index < -0.39 is 23.4 Å². The lowest BCUT2D eigenvalue weighted by molar-refractivity contribution is -0.112. The molecule has 80 heavy (non-hydrogen) atoms. The van der Waals surface area contributed by atoms with Gasteiger partial charge in [-0.3, -0.25) is 14.5 Å². The summed E-state index contributed by atoms with van der Waals surface area (Å²) in [5.41, 5.74) is 5.32. The molecule has 410 valence electrons. The van der Waals surface area contributed by atoms with Crippen molar-refractivity contribution in [1.29, 1.82) is 0 Å². The van der Waals surface area contributed by atoms with Gasteiger partial charge in [0.1, 0.15) is 46.9 Å². The summed E-state index contributed by atoms with van der Waals surface area (Å²) in [5, 5.41) is 13.7. The smallest absolute Gasteiger partial charge is 0.248 e. The number of carbonyl (C=O) groups excluding carboxylic acids is 2. The molecule has 2 amide bonds. The summed E-state index contributed by atoms with van der Waals surface area (Å²) in [5.74, 6) is -1.06. The molecule has 2 fully saturated rings. The van der Waals surface area contributed by atoms with Crippen molar-refractivity contribution in [3.63, 3.8) is 0 Å². The highest BCUT2D eigenvalue weighted by molar-refractivity contribution is 6.06. The van der Waals surface area contributed by atoms with Crippen LogP contribution in [0, 0.1) is 17.5 Å². The van der Waals surface area contributed by atoms with E-state index in [4.69, 9.17) is 24.2 Å². The van der Waals surface area contributed by atoms with E-state index in [0.29, 0.717) is 88.2 Å². The van der Waals surface area contributed by atoms with E-state index in [1.807, 2.05) is 24.3 Å². The Morgan fingerprint density at radius 3 is 1.94 bits per heavy atom. The van der Waals surface area contributed by atoms with E-state index in [0.717, 1.165) is 94.2 Å². The van der Waals surface area contributed by atoms with Crippen LogP contribution in [0.3, 0.4) is 0 Å². The summed E-state index contributed by atoms with van der Waals surface area (Å²) < 4.78 is 61.1. The second kappa shape index (κ2) is 25.8. The van der Waals surface area contributed by atoms with Gasteiger partial charge in [0.15, 0.2) is 5.82 Å². The molecule has 19 heteroatoms. The molecular weight excluding hydrogens is 1020 g/mol. The Labute approximate surface area is 461 Å². The summed E-state index contributed by atoms with van der Waals surface area (Å²) in [4.78, 5) is 53.0. The number of carbonyl (C=O) groups is 2. The molecule has 10 rings (SSSR count). The molecule has 0 unspecified atom stereocenters. The van der Waals surface area contributed by atoms with Crippen LogP contribution in [0.1, 0.15) is 18.7 Å². The van der Waals surface area contributed by atoms with Crippen molar-refractivity contribution in [3.05, 3.63) is 164 Å². The fourth-order valence-electron chi connectivity index (χ4n) is 9.49. The molecule has 2 saturated heterocycles. The van der Waals surface area contributed by atoms with Gasteiger partial charge in [-0.1, -0.05) is 43.0 Å². The second-order valence-corrected chi connectivity index (χ2v) is 19.4. The molecule has 0 spiro atoms. The molecule has 0 atom stereocenters. The Kier molecular flexibility index (Phi) is 17.6. The van der Waals surface area contributed by atoms with Crippen molar-refractivity contribution in [2.45, 2.75) is 12.8 Å². The lowest BCUT2D eigenvalue weighted by Crippen LogP contribution is -2.44. The van der Waals surface area contributed by atoms with E-state index in [1.54, 1.807) is 60.7 Å². The molecule has 4 N–H and O–H groups in total. The first-order valence-corrected chi connectivity index (χ1v) is 26.5. The zero-order valence-corrected chi connectivity index (χ0v) is 44.2. The Morgan fingerprint density at radius 2 is 1.25 bits per heavy atom. The number of piperazine rings is 1. The Hall–Kier alpha value is -8.75. The Morgan fingerprint density at radius 1 is 0.637 bits per heavy atom. The quantitative estimate of drug-likeness (QED) is 0.0396. The summed E-state index contributed by atoms with van der Waals surface area (Å²) in [6.45, 7) is 13.0. The molecule has 4 heterocycles. The van der Waals surface area contributed by atoms with E-state index in [2.05, 4.69) is 59.6 Å². The number of hydrogen-bond acceptors (Lipinski definition) is 14. The molecule has 8 aromatic rings. The third-order valence-corrected chi connectivity index (χ3v) is 13.8. The van der Waals surface area contributed by atoms with E-state index >= 15 is 4.39 Å². The third kappa shape index (κ3) is 14.1. The number of halogens is 3.